The number of hydrogen-bond acceptors (Lipinski definition) is 5. The molecule has 0 aliphatic carbocycles. The molecule has 1 aliphatic heterocycles. The van der Waals surface area contributed by atoms with Crippen molar-refractivity contribution in [1.82, 2.24) is 4.98 Å². The predicted molar refractivity (Wildman–Crippen MR) is 101 cm³/mol. The maximum absolute atomic E-state index is 12.4. The molecule has 0 fully saturated rings. The summed E-state index contributed by atoms with van der Waals surface area (Å²) in [5.41, 5.74) is 1.02. The van der Waals surface area contributed by atoms with Gasteiger partial charge in [0.2, 0.25) is 6.10 Å². The Hall–Kier alpha value is -2.57. The largest absolute Gasteiger partial charge is 0.485 e. The number of carbonyl (C=O) groups is 1. The second-order valence-electron chi connectivity index (χ2n) is 5.75. The Morgan fingerprint density at radius 2 is 1.96 bits per heavy atom. The molecule has 5 nitrogen and oxygen atoms in total. The Kier molecular flexibility index (Phi) is 4.77. The molecule has 2 aromatic carbocycles. The van der Waals surface area contributed by atoms with Crippen molar-refractivity contribution in [3.05, 3.63) is 70.2 Å². The normalized spacial score (nSPS) is 15.5. The van der Waals surface area contributed by atoms with Crippen LogP contribution in [0.1, 0.15) is 10.4 Å². The zero-order valence-electron chi connectivity index (χ0n) is 13.6. The van der Waals surface area contributed by atoms with Crippen molar-refractivity contribution in [3.8, 4) is 11.5 Å². The number of nitrogens with one attached hydrogen (secondary N) is 1. The molecule has 0 radical (unpaired) electrons. The first kappa shape index (κ1) is 16.9. The average molecular weight is 387 g/mol. The molecular formula is C19H15ClN2O3S. The molecule has 7 heteroatoms. The monoisotopic (exact) mass is 386 g/mol. The molecule has 1 amide bonds. The first-order valence-electron chi connectivity index (χ1n) is 8.06. The van der Waals surface area contributed by atoms with Crippen LogP contribution in [0.2, 0.25) is 5.02 Å². The zero-order valence-corrected chi connectivity index (χ0v) is 15.2. The molecule has 0 spiro atoms. The number of aromatic nitrogens is 1. The van der Waals surface area contributed by atoms with E-state index in [2.05, 4.69) is 10.3 Å². The second kappa shape index (κ2) is 7.35. The second-order valence-corrected chi connectivity index (χ2v) is 7.28. The quantitative estimate of drug-likeness (QED) is 0.731. The van der Waals surface area contributed by atoms with Gasteiger partial charge in [-0.25, -0.2) is 4.98 Å². The number of nitrogens with zero attached hydrogens (tertiary/aromatic N) is 1. The lowest BCUT2D eigenvalue weighted by Gasteiger charge is -2.25. The van der Waals surface area contributed by atoms with Crippen LogP contribution in [0.15, 0.2) is 54.7 Å². The molecule has 1 atom stereocenters. The molecule has 0 saturated heterocycles. The number of rotatable bonds is 4. The van der Waals surface area contributed by atoms with Crippen molar-refractivity contribution in [2.45, 2.75) is 12.5 Å². The van der Waals surface area contributed by atoms with Crippen molar-refractivity contribution >= 4 is 34.0 Å². The van der Waals surface area contributed by atoms with Gasteiger partial charge in [0, 0.05) is 22.5 Å². The molecule has 4 rings (SSSR count). The van der Waals surface area contributed by atoms with Crippen molar-refractivity contribution in [2.24, 2.45) is 0 Å². The van der Waals surface area contributed by atoms with Gasteiger partial charge in [0.15, 0.2) is 16.6 Å². The van der Waals surface area contributed by atoms with E-state index in [1.54, 1.807) is 12.3 Å². The lowest BCUT2D eigenvalue weighted by atomic mass is 10.1. The summed E-state index contributed by atoms with van der Waals surface area (Å²) < 4.78 is 11.3. The van der Waals surface area contributed by atoms with E-state index < -0.39 is 6.10 Å². The van der Waals surface area contributed by atoms with Crippen molar-refractivity contribution < 1.29 is 14.3 Å². The number of carbonyl (C=O) groups excluding carboxylic acids is 1. The van der Waals surface area contributed by atoms with Crippen LogP contribution in [-0.4, -0.2) is 23.6 Å². The minimum absolute atomic E-state index is 0.167. The Labute approximate surface area is 159 Å². The van der Waals surface area contributed by atoms with E-state index in [1.165, 1.54) is 11.3 Å². The van der Waals surface area contributed by atoms with E-state index in [-0.39, 0.29) is 12.5 Å². The maximum atomic E-state index is 12.4. The minimum atomic E-state index is -0.708. The summed E-state index contributed by atoms with van der Waals surface area (Å²) >= 11 is 7.61. The van der Waals surface area contributed by atoms with Gasteiger partial charge < -0.3 is 9.47 Å². The number of para-hydroxylation sites is 2. The molecule has 132 valence electrons. The summed E-state index contributed by atoms with van der Waals surface area (Å²) in [4.78, 5) is 17.7. The smallest absolute Gasteiger partial charge is 0.270 e. The standard InChI is InChI=1S/C19H15ClN2O3S/c20-14-6-2-1-5-12(14)9-13-10-21-19(26-13)22-18(23)17-11-24-15-7-3-4-8-16(15)25-17/h1-8,10,17H,9,11H2,(H,21,22,23). The van der Waals surface area contributed by atoms with Crippen LogP contribution in [0.3, 0.4) is 0 Å². The summed E-state index contributed by atoms with van der Waals surface area (Å²) in [5.74, 6) is 0.934. The maximum Gasteiger partial charge on any atom is 0.270 e. The highest BCUT2D eigenvalue weighted by Crippen LogP contribution is 2.31. The highest BCUT2D eigenvalue weighted by atomic mass is 35.5. The number of halogens is 1. The number of amides is 1. The van der Waals surface area contributed by atoms with Crippen LogP contribution < -0.4 is 14.8 Å². The Balaban J connectivity index is 1.40. The summed E-state index contributed by atoms with van der Waals surface area (Å²) in [7, 11) is 0. The molecule has 0 bridgehead atoms. The Morgan fingerprint density at radius 1 is 1.19 bits per heavy atom. The van der Waals surface area contributed by atoms with Gasteiger partial charge in [-0.1, -0.05) is 41.9 Å². The van der Waals surface area contributed by atoms with Gasteiger partial charge in [0.05, 0.1) is 0 Å². The first-order chi connectivity index (χ1) is 12.7. The van der Waals surface area contributed by atoms with Gasteiger partial charge in [0.25, 0.3) is 5.91 Å². The Morgan fingerprint density at radius 3 is 2.81 bits per heavy atom. The summed E-state index contributed by atoms with van der Waals surface area (Å²) in [6.07, 6.45) is 1.71. The van der Waals surface area contributed by atoms with Crippen LogP contribution >= 0.6 is 22.9 Å². The number of hydrogen-bond donors (Lipinski definition) is 1. The van der Waals surface area contributed by atoms with Crippen LogP contribution in [0.4, 0.5) is 5.13 Å². The third-order valence-electron chi connectivity index (χ3n) is 3.91. The number of fused-ring (bicyclic) bond motifs is 1. The van der Waals surface area contributed by atoms with E-state index in [4.69, 9.17) is 21.1 Å². The number of benzene rings is 2. The average Bonchev–Trinajstić information content (AvgIpc) is 3.10. The van der Waals surface area contributed by atoms with Crippen LogP contribution in [0.5, 0.6) is 11.5 Å². The molecule has 2 heterocycles. The molecule has 3 aromatic rings. The van der Waals surface area contributed by atoms with Gasteiger partial charge >= 0.3 is 0 Å². The molecule has 1 unspecified atom stereocenters. The highest BCUT2D eigenvalue weighted by molar-refractivity contribution is 7.15. The van der Waals surface area contributed by atoms with E-state index in [0.717, 1.165) is 15.5 Å². The van der Waals surface area contributed by atoms with Gasteiger partial charge in [0.1, 0.15) is 6.61 Å². The molecule has 26 heavy (non-hydrogen) atoms. The van der Waals surface area contributed by atoms with Crippen LogP contribution in [0, 0.1) is 0 Å². The number of ether oxygens (including phenoxy) is 2. The summed E-state index contributed by atoms with van der Waals surface area (Å²) in [6.45, 7) is 0.167. The van der Waals surface area contributed by atoms with Crippen LogP contribution in [0.25, 0.3) is 0 Å². The molecule has 1 aromatic heterocycles. The predicted octanol–water partition coefficient (Wildman–Crippen LogP) is 4.17. The van der Waals surface area contributed by atoms with Crippen molar-refractivity contribution in [3.63, 3.8) is 0 Å². The molecule has 0 saturated carbocycles. The summed E-state index contributed by atoms with van der Waals surface area (Å²) in [5, 5.41) is 4.04. The van der Waals surface area contributed by atoms with Gasteiger partial charge in [-0.3, -0.25) is 10.1 Å². The molecule has 1 aliphatic rings. The molecular weight excluding hydrogens is 372 g/mol. The van der Waals surface area contributed by atoms with Crippen molar-refractivity contribution in [2.75, 3.05) is 11.9 Å². The van der Waals surface area contributed by atoms with Crippen molar-refractivity contribution in [1.29, 1.82) is 0 Å². The zero-order chi connectivity index (χ0) is 17.9. The first-order valence-corrected chi connectivity index (χ1v) is 9.26. The third-order valence-corrected chi connectivity index (χ3v) is 5.19. The van der Waals surface area contributed by atoms with E-state index >= 15 is 0 Å². The SMILES string of the molecule is O=C(Nc1ncc(Cc2ccccc2Cl)s1)C1COc2ccccc2O1. The van der Waals surface area contributed by atoms with E-state index in [0.29, 0.717) is 23.1 Å². The van der Waals surface area contributed by atoms with E-state index in [9.17, 15) is 4.79 Å². The van der Waals surface area contributed by atoms with Gasteiger partial charge in [-0.15, -0.1) is 11.3 Å². The van der Waals surface area contributed by atoms with Gasteiger partial charge in [-0.05, 0) is 23.8 Å². The van der Waals surface area contributed by atoms with Gasteiger partial charge in [-0.2, -0.15) is 0 Å². The fourth-order valence-electron chi connectivity index (χ4n) is 2.61. The summed E-state index contributed by atoms with van der Waals surface area (Å²) in [6, 6.07) is 15.0. The lowest BCUT2D eigenvalue weighted by Crippen LogP contribution is -2.40. The highest BCUT2D eigenvalue weighted by Gasteiger charge is 2.27. The lowest BCUT2D eigenvalue weighted by molar-refractivity contribution is -0.125. The topological polar surface area (TPSA) is 60.5 Å². The van der Waals surface area contributed by atoms with E-state index in [1.807, 2.05) is 42.5 Å². The fourth-order valence-corrected chi connectivity index (χ4v) is 3.65. The minimum Gasteiger partial charge on any atom is -0.485 e. The van der Waals surface area contributed by atoms with Crippen LogP contribution in [-0.2, 0) is 11.2 Å². The Bertz CT molecular complexity index is 944. The number of anilines is 1. The fraction of sp³-hybridized carbons (Fsp3) is 0.158. The number of thiazole rings is 1. The third kappa shape index (κ3) is 3.66. The molecule has 1 N–H and O–H groups in total.